The standard InChI is InChI=1S/C15H19ClN4O/c16-14-3-1-2-4-15(14)21-8-7-20-11-13(18-19-20)10-17-9-12-5-6-12/h1-4,11-12,17H,5-10H2. The quantitative estimate of drug-likeness (QED) is 0.814. The molecule has 0 atom stereocenters. The molecule has 3 rings (SSSR count). The molecule has 1 heterocycles. The smallest absolute Gasteiger partial charge is 0.137 e. The number of rotatable bonds is 8. The van der Waals surface area contributed by atoms with Crippen molar-refractivity contribution >= 4 is 11.6 Å². The minimum absolute atomic E-state index is 0.516. The van der Waals surface area contributed by atoms with E-state index in [4.69, 9.17) is 16.3 Å². The predicted molar refractivity (Wildman–Crippen MR) is 81.4 cm³/mol. The molecule has 1 N–H and O–H groups in total. The lowest BCUT2D eigenvalue weighted by atomic mass is 10.3. The maximum atomic E-state index is 6.03. The second-order valence-corrected chi connectivity index (χ2v) is 5.73. The lowest BCUT2D eigenvalue weighted by Gasteiger charge is -2.07. The van der Waals surface area contributed by atoms with Gasteiger partial charge in [-0.3, -0.25) is 0 Å². The van der Waals surface area contributed by atoms with Gasteiger partial charge in [-0.1, -0.05) is 28.9 Å². The number of aromatic nitrogens is 3. The van der Waals surface area contributed by atoms with Crippen LogP contribution in [0.3, 0.4) is 0 Å². The van der Waals surface area contributed by atoms with Crippen LogP contribution < -0.4 is 10.1 Å². The Morgan fingerprint density at radius 3 is 3.00 bits per heavy atom. The highest BCUT2D eigenvalue weighted by Gasteiger charge is 2.20. The molecule has 0 bridgehead atoms. The Labute approximate surface area is 129 Å². The lowest BCUT2D eigenvalue weighted by molar-refractivity contribution is 0.290. The molecule has 0 aliphatic heterocycles. The molecular weight excluding hydrogens is 288 g/mol. The molecule has 6 heteroatoms. The number of nitrogens with zero attached hydrogens (tertiary/aromatic N) is 3. The van der Waals surface area contributed by atoms with Crippen LogP contribution in [-0.4, -0.2) is 28.1 Å². The number of ether oxygens (including phenoxy) is 1. The monoisotopic (exact) mass is 306 g/mol. The number of hydrogen-bond donors (Lipinski definition) is 1. The minimum Gasteiger partial charge on any atom is -0.490 e. The topological polar surface area (TPSA) is 52.0 Å². The molecule has 21 heavy (non-hydrogen) atoms. The molecule has 1 saturated carbocycles. The summed E-state index contributed by atoms with van der Waals surface area (Å²) in [5, 5.41) is 12.3. The van der Waals surface area contributed by atoms with Crippen LogP contribution >= 0.6 is 11.6 Å². The van der Waals surface area contributed by atoms with E-state index < -0.39 is 0 Å². The van der Waals surface area contributed by atoms with Crippen LogP contribution in [0.15, 0.2) is 30.5 Å². The molecule has 1 aliphatic rings. The highest BCUT2D eigenvalue weighted by Crippen LogP contribution is 2.27. The number of halogens is 1. The summed E-state index contributed by atoms with van der Waals surface area (Å²) in [5.74, 6) is 1.58. The summed E-state index contributed by atoms with van der Waals surface area (Å²) in [6, 6.07) is 7.46. The zero-order valence-electron chi connectivity index (χ0n) is 11.8. The summed E-state index contributed by atoms with van der Waals surface area (Å²) in [6.45, 7) is 3.03. The fourth-order valence-corrected chi connectivity index (χ4v) is 2.26. The van der Waals surface area contributed by atoms with E-state index in [1.807, 2.05) is 30.5 Å². The van der Waals surface area contributed by atoms with Gasteiger partial charge in [0.25, 0.3) is 0 Å². The average Bonchev–Trinajstić information content (AvgIpc) is 3.20. The summed E-state index contributed by atoms with van der Waals surface area (Å²) in [6.07, 6.45) is 4.67. The van der Waals surface area contributed by atoms with Crippen molar-refractivity contribution in [2.45, 2.75) is 25.9 Å². The Kier molecular flexibility index (Phi) is 4.72. The summed E-state index contributed by atoms with van der Waals surface area (Å²) < 4.78 is 7.43. The molecule has 0 unspecified atom stereocenters. The fraction of sp³-hybridized carbons (Fsp3) is 0.467. The Hall–Kier alpha value is -1.59. The van der Waals surface area contributed by atoms with Crippen molar-refractivity contribution in [1.82, 2.24) is 20.3 Å². The van der Waals surface area contributed by atoms with E-state index >= 15 is 0 Å². The van der Waals surface area contributed by atoms with Gasteiger partial charge in [0.1, 0.15) is 12.4 Å². The van der Waals surface area contributed by atoms with E-state index in [2.05, 4.69) is 15.6 Å². The van der Waals surface area contributed by atoms with Crippen LogP contribution in [0.25, 0.3) is 0 Å². The van der Waals surface area contributed by atoms with Crippen LogP contribution in [0.2, 0.25) is 5.02 Å². The highest BCUT2D eigenvalue weighted by molar-refractivity contribution is 6.32. The van der Waals surface area contributed by atoms with Gasteiger partial charge < -0.3 is 10.1 Å². The number of benzene rings is 1. The van der Waals surface area contributed by atoms with Crippen molar-refractivity contribution in [3.05, 3.63) is 41.2 Å². The molecule has 0 saturated heterocycles. The van der Waals surface area contributed by atoms with E-state index in [-0.39, 0.29) is 0 Å². The van der Waals surface area contributed by atoms with Gasteiger partial charge in [-0.25, -0.2) is 4.68 Å². The van der Waals surface area contributed by atoms with E-state index in [0.29, 0.717) is 23.9 Å². The molecule has 1 fully saturated rings. The largest absolute Gasteiger partial charge is 0.490 e. The summed E-state index contributed by atoms with van der Waals surface area (Å²) in [4.78, 5) is 0. The first-order valence-corrected chi connectivity index (χ1v) is 7.66. The normalized spacial score (nSPS) is 14.3. The average molecular weight is 307 g/mol. The van der Waals surface area contributed by atoms with E-state index in [0.717, 1.165) is 24.7 Å². The van der Waals surface area contributed by atoms with Crippen molar-refractivity contribution in [2.75, 3.05) is 13.2 Å². The maximum Gasteiger partial charge on any atom is 0.137 e. The van der Waals surface area contributed by atoms with Gasteiger partial charge in [-0.05, 0) is 37.4 Å². The predicted octanol–water partition coefficient (Wildman–Crippen LogP) is 2.51. The third-order valence-electron chi connectivity index (χ3n) is 3.44. The van der Waals surface area contributed by atoms with Crippen LogP contribution in [-0.2, 0) is 13.1 Å². The van der Waals surface area contributed by atoms with Gasteiger partial charge in [-0.15, -0.1) is 5.10 Å². The second-order valence-electron chi connectivity index (χ2n) is 5.33. The Bertz CT molecular complexity index is 583. The number of nitrogens with one attached hydrogen (secondary N) is 1. The first-order chi connectivity index (χ1) is 10.3. The van der Waals surface area contributed by atoms with Crippen LogP contribution in [0.4, 0.5) is 0 Å². The zero-order chi connectivity index (χ0) is 14.5. The zero-order valence-corrected chi connectivity index (χ0v) is 12.6. The molecule has 0 spiro atoms. The minimum atomic E-state index is 0.516. The molecular formula is C15H19ClN4O. The van der Waals surface area contributed by atoms with E-state index in [9.17, 15) is 0 Å². The van der Waals surface area contributed by atoms with Crippen molar-refractivity contribution in [3.63, 3.8) is 0 Å². The molecule has 1 aliphatic carbocycles. The SMILES string of the molecule is Clc1ccccc1OCCn1cc(CNCC2CC2)nn1. The van der Waals surface area contributed by atoms with E-state index in [1.54, 1.807) is 4.68 Å². The van der Waals surface area contributed by atoms with Gasteiger partial charge in [0.05, 0.1) is 17.3 Å². The van der Waals surface area contributed by atoms with Gasteiger partial charge in [-0.2, -0.15) is 0 Å². The molecule has 5 nitrogen and oxygen atoms in total. The van der Waals surface area contributed by atoms with Crippen molar-refractivity contribution in [3.8, 4) is 5.75 Å². The number of hydrogen-bond acceptors (Lipinski definition) is 4. The Morgan fingerprint density at radius 2 is 2.19 bits per heavy atom. The van der Waals surface area contributed by atoms with Gasteiger partial charge >= 0.3 is 0 Å². The molecule has 2 aromatic rings. The molecule has 112 valence electrons. The Balaban J connectivity index is 1.40. The first-order valence-electron chi connectivity index (χ1n) is 7.28. The summed E-state index contributed by atoms with van der Waals surface area (Å²) in [5.41, 5.74) is 0.966. The molecule has 0 amide bonds. The molecule has 1 aromatic heterocycles. The second kappa shape index (κ2) is 6.91. The van der Waals surface area contributed by atoms with Crippen LogP contribution in [0.5, 0.6) is 5.75 Å². The van der Waals surface area contributed by atoms with Crippen molar-refractivity contribution < 1.29 is 4.74 Å². The van der Waals surface area contributed by atoms with Crippen molar-refractivity contribution in [1.29, 1.82) is 0 Å². The third-order valence-corrected chi connectivity index (χ3v) is 3.75. The highest BCUT2D eigenvalue weighted by atomic mass is 35.5. The van der Waals surface area contributed by atoms with Crippen molar-refractivity contribution in [2.24, 2.45) is 5.92 Å². The summed E-state index contributed by atoms with van der Waals surface area (Å²) in [7, 11) is 0. The van der Waals surface area contributed by atoms with Gasteiger partial charge in [0.15, 0.2) is 0 Å². The van der Waals surface area contributed by atoms with Gasteiger partial charge in [0, 0.05) is 12.7 Å². The first kappa shape index (κ1) is 14.4. The molecule has 1 aromatic carbocycles. The maximum absolute atomic E-state index is 6.03. The molecule has 0 radical (unpaired) electrons. The number of para-hydroxylation sites is 1. The Morgan fingerprint density at radius 1 is 1.33 bits per heavy atom. The third kappa shape index (κ3) is 4.44. The van der Waals surface area contributed by atoms with Gasteiger partial charge in [0.2, 0.25) is 0 Å². The summed E-state index contributed by atoms with van der Waals surface area (Å²) >= 11 is 6.03. The van der Waals surface area contributed by atoms with E-state index in [1.165, 1.54) is 12.8 Å². The van der Waals surface area contributed by atoms with Crippen LogP contribution in [0, 0.1) is 5.92 Å². The van der Waals surface area contributed by atoms with Crippen LogP contribution in [0.1, 0.15) is 18.5 Å². The lowest BCUT2D eigenvalue weighted by Crippen LogP contribution is -2.16. The fourth-order valence-electron chi connectivity index (χ4n) is 2.07.